The lowest BCUT2D eigenvalue weighted by molar-refractivity contribution is 0.0951. The average Bonchev–Trinajstić information content (AvgIpc) is 2.94. The molecular formula is C11H12O4. The number of aromatic hydroxyl groups is 1. The number of Topliss-reactive ketones (excluding diaryl/α,β-unsaturated/α-hetero) is 1. The van der Waals surface area contributed by atoms with Crippen LogP contribution in [0.5, 0.6) is 11.5 Å². The second-order valence-corrected chi connectivity index (χ2v) is 3.51. The molecule has 1 fully saturated rings. The van der Waals surface area contributed by atoms with Crippen LogP contribution in [0.1, 0.15) is 17.3 Å². The molecule has 1 aliphatic heterocycles. The Kier molecular flexibility index (Phi) is 2.36. The quantitative estimate of drug-likeness (QED) is 0.602. The molecule has 1 N–H and O–H groups in total. The summed E-state index contributed by atoms with van der Waals surface area (Å²) in [7, 11) is 1.50. The van der Waals surface area contributed by atoms with Gasteiger partial charge in [0, 0.05) is 6.07 Å². The van der Waals surface area contributed by atoms with Crippen molar-refractivity contribution >= 4 is 5.78 Å². The number of methoxy groups -OCH3 is 1. The van der Waals surface area contributed by atoms with Crippen molar-refractivity contribution in [1.82, 2.24) is 0 Å². The number of phenolic OH excluding ortho intramolecular Hbond substituents is 1. The summed E-state index contributed by atoms with van der Waals surface area (Å²) in [6.45, 7) is 1.82. The van der Waals surface area contributed by atoms with Gasteiger partial charge in [-0.2, -0.15) is 0 Å². The van der Waals surface area contributed by atoms with Gasteiger partial charge in [-0.1, -0.05) is 0 Å². The number of hydrogen-bond acceptors (Lipinski definition) is 4. The molecule has 1 aromatic rings. The van der Waals surface area contributed by atoms with Crippen molar-refractivity contribution in [2.24, 2.45) is 0 Å². The third-order valence-electron chi connectivity index (χ3n) is 2.44. The number of ether oxygens (including phenoxy) is 2. The van der Waals surface area contributed by atoms with E-state index in [1.165, 1.54) is 13.2 Å². The molecule has 4 heteroatoms. The molecular weight excluding hydrogens is 196 g/mol. The number of phenols is 1. The van der Waals surface area contributed by atoms with Gasteiger partial charge in [-0.15, -0.1) is 0 Å². The summed E-state index contributed by atoms with van der Waals surface area (Å²) in [6, 6.07) is 4.60. The Labute approximate surface area is 87.4 Å². The van der Waals surface area contributed by atoms with E-state index in [1.54, 1.807) is 12.1 Å². The van der Waals surface area contributed by atoms with Crippen LogP contribution < -0.4 is 4.74 Å². The van der Waals surface area contributed by atoms with Crippen LogP contribution in [-0.4, -0.2) is 30.2 Å². The minimum absolute atomic E-state index is 0.0426. The molecule has 0 bridgehead atoms. The van der Waals surface area contributed by atoms with Gasteiger partial charge >= 0.3 is 0 Å². The minimum atomic E-state index is -0.399. The van der Waals surface area contributed by atoms with Crippen molar-refractivity contribution in [3.63, 3.8) is 0 Å². The maximum absolute atomic E-state index is 11.7. The highest BCUT2D eigenvalue weighted by Crippen LogP contribution is 2.30. The maximum Gasteiger partial charge on any atom is 0.197 e. The number of hydrogen-bond donors (Lipinski definition) is 1. The Bertz CT molecular complexity index is 400. The van der Waals surface area contributed by atoms with Crippen LogP contribution in [-0.2, 0) is 4.74 Å². The van der Waals surface area contributed by atoms with Gasteiger partial charge in [0.15, 0.2) is 5.78 Å². The van der Waals surface area contributed by atoms with E-state index in [-0.39, 0.29) is 23.2 Å². The first-order valence-electron chi connectivity index (χ1n) is 4.70. The Morgan fingerprint density at radius 2 is 2.20 bits per heavy atom. The highest BCUT2D eigenvalue weighted by molar-refractivity contribution is 6.03. The molecule has 1 heterocycles. The second kappa shape index (κ2) is 3.55. The minimum Gasteiger partial charge on any atom is -0.507 e. The number of ketones is 1. The number of carbonyl (C=O) groups is 1. The molecule has 80 valence electrons. The van der Waals surface area contributed by atoms with E-state index < -0.39 is 6.10 Å². The molecule has 1 aromatic carbocycles. The molecule has 0 radical (unpaired) electrons. The summed E-state index contributed by atoms with van der Waals surface area (Å²) < 4.78 is 9.98. The second-order valence-electron chi connectivity index (χ2n) is 3.51. The van der Waals surface area contributed by atoms with E-state index in [1.807, 2.05) is 6.92 Å². The highest BCUT2D eigenvalue weighted by atomic mass is 16.6. The van der Waals surface area contributed by atoms with Crippen LogP contribution in [0.4, 0.5) is 0 Å². The summed E-state index contributed by atoms with van der Waals surface area (Å²) in [6.07, 6.45) is -0.441. The summed E-state index contributed by atoms with van der Waals surface area (Å²) >= 11 is 0. The van der Waals surface area contributed by atoms with Crippen molar-refractivity contribution in [2.75, 3.05) is 7.11 Å². The molecule has 0 saturated carbocycles. The first-order chi connectivity index (χ1) is 7.13. The zero-order chi connectivity index (χ0) is 11.0. The van der Waals surface area contributed by atoms with E-state index in [4.69, 9.17) is 9.47 Å². The smallest absolute Gasteiger partial charge is 0.197 e. The molecule has 4 nitrogen and oxygen atoms in total. The number of benzene rings is 1. The number of carbonyl (C=O) groups excluding carboxylic acids is 1. The molecule has 0 aromatic heterocycles. The first kappa shape index (κ1) is 9.98. The zero-order valence-electron chi connectivity index (χ0n) is 8.56. The van der Waals surface area contributed by atoms with Crippen molar-refractivity contribution in [2.45, 2.75) is 19.1 Å². The summed E-state index contributed by atoms with van der Waals surface area (Å²) in [4.78, 5) is 11.7. The predicted molar refractivity (Wildman–Crippen MR) is 53.3 cm³/mol. The van der Waals surface area contributed by atoms with Gasteiger partial charge in [0.1, 0.15) is 17.6 Å². The fourth-order valence-electron chi connectivity index (χ4n) is 1.46. The van der Waals surface area contributed by atoms with Crippen molar-refractivity contribution in [3.8, 4) is 11.5 Å². The summed E-state index contributed by atoms with van der Waals surface area (Å²) in [5.41, 5.74) is 0.283. The van der Waals surface area contributed by atoms with E-state index >= 15 is 0 Å². The lowest BCUT2D eigenvalue weighted by Crippen LogP contribution is -2.09. The van der Waals surface area contributed by atoms with Gasteiger partial charge in [-0.3, -0.25) is 4.79 Å². The average molecular weight is 208 g/mol. The molecule has 1 saturated heterocycles. The van der Waals surface area contributed by atoms with Crippen LogP contribution >= 0.6 is 0 Å². The Morgan fingerprint density at radius 3 is 2.67 bits per heavy atom. The normalized spacial score (nSPS) is 23.6. The molecule has 1 aliphatic rings. The lowest BCUT2D eigenvalue weighted by Gasteiger charge is -2.04. The summed E-state index contributed by atoms with van der Waals surface area (Å²) in [5.74, 6) is 0.276. The number of epoxide rings is 1. The van der Waals surface area contributed by atoms with Crippen LogP contribution in [0.15, 0.2) is 18.2 Å². The van der Waals surface area contributed by atoms with E-state index in [2.05, 4.69) is 0 Å². The largest absolute Gasteiger partial charge is 0.507 e. The van der Waals surface area contributed by atoms with Crippen molar-refractivity contribution in [1.29, 1.82) is 0 Å². The molecule has 0 aliphatic carbocycles. The van der Waals surface area contributed by atoms with Gasteiger partial charge in [-0.05, 0) is 19.1 Å². The van der Waals surface area contributed by atoms with Gasteiger partial charge in [-0.25, -0.2) is 0 Å². The molecule has 2 atom stereocenters. The Hall–Kier alpha value is -1.55. The monoisotopic (exact) mass is 208 g/mol. The lowest BCUT2D eigenvalue weighted by atomic mass is 10.1. The first-order valence-corrected chi connectivity index (χ1v) is 4.70. The van der Waals surface area contributed by atoms with Gasteiger partial charge in [0.2, 0.25) is 0 Å². The summed E-state index contributed by atoms with van der Waals surface area (Å²) in [5, 5.41) is 9.60. The standard InChI is InChI=1S/C11H12O4/c1-6-11(15-6)10(13)8-4-3-7(14-2)5-9(8)12/h3-6,11-12H,1-2H3/t6-,11+/m1/s1. The third kappa shape index (κ3) is 1.80. The Morgan fingerprint density at radius 1 is 1.53 bits per heavy atom. The van der Waals surface area contributed by atoms with E-state index in [0.29, 0.717) is 5.75 Å². The molecule has 0 unspecified atom stereocenters. The zero-order valence-corrected chi connectivity index (χ0v) is 8.56. The molecule has 0 spiro atoms. The van der Waals surface area contributed by atoms with E-state index in [9.17, 15) is 9.90 Å². The van der Waals surface area contributed by atoms with Crippen LogP contribution in [0.25, 0.3) is 0 Å². The maximum atomic E-state index is 11.7. The third-order valence-corrected chi connectivity index (χ3v) is 2.44. The molecule has 0 amide bonds. The van der Waals surface area contributed by atoms with Gasteiger partial charge in [0.05, 0.1) is 18.8 Å². The van der Waals surface area contributed by atoms with Crippen molar-refractivity contribution < 1.29 is 19.4 Å². The Balaban J connectivity index is 2.25. The van der Waals surface area contributed by atoms with Gasteiger partial charge in [0.25, 0.3) is 0 Å². The van der Waals surface area contributed by atoms with Crippen LogP contribution in [0.2, 0.25) is 0 Å². The predicted octanol–water partition coefficient (Wildman–Crippen LogP) is 1.37. The van der Waals surface area contributed by atoms with E-state index in [0.717, 1.165) is 0 Å². The highest BCUT2D eigenvalue weighted by Gasteiger charge is 2.42. The molecule has 15 heavy (non-hydrogen) atoms. The topological polar surface area (TPSA) is 59.1 Å². The number of rotatable bonds is 3. The van der Waals surface area contributed by atoms with Crippen molar-refractivity contribution in [3.05, 3.63) is 23.8 Å². The SMILES string of the molecule is COc1ccc(C(=O)[C@H]2O[C@@H]2C)c(O)c1. The fourth-order valence-corrected chi connectivity index (χ4v) is 1.46. The fraction of sp³-hybridized carbons (Fsp3) is 0.364. The van der Waals surface area contributed by atoms with Gasteiger partial charge < -0.3 is 14.6 Å². The molecule has 2 rings (SSSR count). The van der Waals surface area contributed by atoms with Crippen LogP contribution in [0.3, 0.4) is 0 Å². The van der Waals surface area contributed by atoms with Crippen LogP contribution in [0, 0.1) is 0 Å².